The van der Waals surface area contributed by atoms with Gasteiger partial charge in [-0.2, -0.15) is 0 Å². The number of hydrogen-bond donors (Lipinski definition) is 2. The summed E-state index contributed by atoms with van der Waals surface area (Å²) in [6.07, 6.45) is 5.26. The lowest BCUT2D eigenvalue weighted by molar-refractivity contribution is 0.211. The summed E-state index contributed by atoms with van der Waals surface area (Å²) in [4.78, 5) is 2.19. The molecular weight excluding hydrogens is 164 g/mol. The zero-order valence-corrected chi connectivity index (χ0v) is 8.63. The summed E-state index contributed by atoms with van der Waals surface area (Å²) in [5, 5.41) is 12.2. The number of nitrogens with zero attached hydrogens (tertiary/aromatic N) is 1. The quantitative estimate of drug-likeness (QED) is 0.654. The Labute approximate surface area is 81.1 Å². The van der Waals surface area contributed by atoms with Crippen molar-refractivity contribution < 1.29 is 5.11 Å². The van der Waals surface area contributed by atoms with Crippen molar-refractivity contribution in [1.29, 1.82) is 0 Å². The van der Waals surface area contributed by atoms with Crippen molar-refractivity contribution in [1.82, 2.24) is 10.2 Å². The zero-order chi connectivity index (χ0) is 9.52. The van der Waals surface area contributed by atoms with Gasteiger partial charge in [-0.3, -0.25) is 0 Å². The van der Waals surface area contributed by atoms with Crippen LogP contribution in [0.1, 0.15) is 25.7 Å². The van der Waals surface area contributed by atoms with Gasteiger partial charge in [0.1, 0.15) is 0 Å². The first kappa shape index (κ1) is 11.0. The molecule has 1 saturated heterocycles. The van der Waals surface area contributed by atoms with E-state index in [4.69, 9.17) is 5.11 Å². The molecule has 0 bridgehead atoms. The molecule has 1 heterocycles. The Balaban J connectivity index is 2.03. The average Bonchev–Trinajstić information content (AvgIpc) is 2.17. The van der Waals surface area contributed by atoms with E-state index in [1.807, 2.05) is 0 Å². The van der Waals surface area contributed by atoms with Crippen LogP contribution < -0.4 is 5.32 Å². The predicted octanol–water partition coefficient (Wildman–Crippen LogP) is 0.443. The van der Waals surface area contributed by atoms with Crippen molar-refractivity contribution >= 4 is 0 Å². The minimum Gasteiger partial charge on any atom is -0.395 e. The molecule has 0 aromatic heterocycles. The van der Waals surface area contributed by atoms with Crippen LogP contribution in [0.15, 0.2) is 0 Å². The summed E-state index contributed by atoms with van der Waals surface area (Å²) in [6, 6.07) is 0.717. The fraction of sp³-hybridized carbons (Fsp3) is 1.00. The second kappa shape index (κ2) is 6.35. The van der Waals surface area contributed by atoms with Gasteiger partial charge in [0.2, 0.25) is 0 Å². The van der Waals surface area contributed by atoms with Gasteiger partial charge in [-0.05, 0) is 39.4 Å². The van der Waals surface area contributed by atoms with Crippen molar-refractivity contribution in [3.8, 4) is 0 Å². The van der Waals surface area contributed by atoms with Crippen molar-refractivity contribution in [2.45, 2.75) is 31.7 Å². The van der Waals surface area contributed by atoms with Crippen molar-refractivity contribution in [3.05, 3.63) is 0 Å². The molecule has 0 aromatic rings. The molecule has 3 heteroatoms. The highest BCUT2D eigenvalue weighted by atomic mass is 16.3. The third kappa shape index (κ3) is 4.60. The Morgan fingerprint density at radius 1 is 1.38 bits per heavy atom. The molecule has 0 aliphatic carbocycles. The number of likely N-dealkylation sites (N-methyl/N-ethyl adjacent to an activating group) is 1. The summed E-state index contributed by atoms with van der Waals surface area (Å²) < 4.78 is 0. The number of piperidine rings is 1. The SMILES string of the molecule is CN(CCO)CCC1CCCCN1. The molecule has 0 radical (unpaired) electrons. The van der Waals surface area contributed by atoms with E-state index in [1.54, 1.807) is 0 Å². The van der Waals surface area contributed by atoms with Gasteiger partial charge in [0, 0.05) is 12.6 Å². The normalized spacial score (nSPS) is 23.8. The Morgan fingerprint density at radius 3 is 2.85 bits per heavy atom. The van der Waals surface area contributed by atoms with Crippen LogP contribution in [-0.4, -0.2) is 49.3 Å². The van der Waals surface area contributed by atoms with E-state index in [-0.39, 0.29) is 6.61 Å². The van der Waals surface area contributed by atoms with Crippen molar-refractivity contribution in [2.75, 3.05) is 33.3 Å². The Hall–Kier alpha value is -0.120. The van der Waals surface area contributed by atoms with E-state index in [0.29, 0.717) is 0 Å². The Bertz CT molecular complexity index is 124. The molecule has 1 unspecified atom stereocenters. The van der Waals surface area contributed by atoms with Crippen LogP contribution in [0.25, 0.3) is 0 Å². The summed E-state index contributed by atoms with van der Waals surface area (Å²) in [6.45, 7) is 3.36. The van der Waals surface area contributed by atoms with Gasteiger partial charge in [0.25, 0.3) is 0 Å². The lowest BCUT2D eigenvalue weighted by Crippen LogP contribution is -2.37. The highest BCUT2D eigenvalue weighted by Gasteiger charge is 2.12. The van der Waals surface area contributed by atoms with E-state index in [9.17, 15) is 0 Å². The fourth-order valence-electron chi connectivity index (χ4n) is 1.83. The maximum absolute atomic E-state index is 8.72. The Morgan fingerprint density at radius 2 is 2.23 bits per heavy atom. The monoisotopic (exact) mass is 186 g/mol. The molecule has 0 amide bonds. The van der Waals surface area contributed by atoms with Gasteiger partial charge < -0.3 is 15.3 Å². The highest BCUT2D eigenvalue weighted by Crippen LogP contribution is 2.09. The largest absolute Gasteiger partial charge is 0.395 e. The molecule has 13 heavy (non-hydrogen) atoms. The van der Waals surface area contributed by atoms with Crippen LogP contribution in [0, 0.1) is 0 Å². The molecule has 0 spiro atoms. The first-order valence-electron chi connectivity index (χ1n) is 5.35. The Kier molecular flexibility index (Phi) is 5.35. The molecule has 3 nitrogen and oxygen atoms in total. The zero-order valence-electron chi connectivity index (χ0n) is 8.63. The van der Waals surface area contributed by atoms with Gasteiger partial charge in [0.05, 0.1) is 6.61 Å². The van der Waals surface area contributed by atoms with Crippen LogP contribution in [0.3, 0.4) is 0 Å². The topological polar surface area (TPSA) is 35.5 Å². The van der Waals surface area contributed by atoms with Crippen LogP contribution >= 0.6 is 0 Å². The molecule has 0 aromatic carbocycles. The van der Waals surface area contributed by atoms with E-state index < -0.39 is 0 Å². The third-order valence-corrected chi connectivity index (χ3v) is 2.75. The number of nitrogens with one attached hydrogen (secondary N) is 1. The van der Waals surface area contributed by atoms with Crippen LogP contribution in [0.4, 0.5) is 0 Å². The maximum Gasteiger partial charge on any atom is 0.0558 e. The molecule has 1 aliphatic heterocycles. The highest BCUT2D eigenvalue weighted by molar-refractivity contribution is 4.72. The molecular formula is C10H22N2O. The van der Waals surface area contributed by atoms with Gasteiger partial charge in [0.15, 0.2) is 0 Å². The predicted molar refractivity (Wildman–Crippen MR) is 54.8 cm³/mol. The molecule has 1 atom stereocenters. The minimum absolute atomic E-state index is 0.272. The third-order valence-electron chi connectivity index (χ3n) is 2.75. The standard InChI is InChI=1S/C10H22N2O/c1-12(8-9-13)7-5-10-4-2-3-6-11-10/h10-11,13H,2-9H2,1H3. The first-order valence-corrected chi connectivity index (χ1v) is 5.35. The molecule has 1 aliphatic rings. The molecule has 78 valence electrons. The van der Waals surface area contributed by atoms with Crippen molar-refractivity contribution in [2.24, 2.45) is 0 Å². The van der Waals surface area contributed by atoms with Crippen LogP contribution in [-0.2, 0) is 0 Å². The van der Waals surface area contributed by atoms with Gasteiger partial charge >= 0.3 is 0 Å². The van der Waals surface area contributed by atoms with Crippen LogP contribution in [0.2, 0.25) is 0 Å². The van der Waals surface area contributed by atoms with Gasteiger partial charge in [-0.15, -0.1) is 0 Å². The number of aliphatic hydroxyl groups is 1. The molecule has 1 rings (SSSR count). The van der Waals surface area contributed by atoms with E-state index in [1.165, 1.54) is 32.2 Å². The van der Waals surface area contributed by atoms with Crippen molar-refractivity contribution in [3.63, 3.8) is 0 Å². The van der Waals surface area contributed by atoms with E-state index >= 15 is 0 Å². The lowest BCUT2D eigenvalue weighted by Gasteiger charge is -2.25. The van der Waals surface area contributed by atoms with Gasteiger partial charge in [-0.1, -0.05) is 6.42 Å². The fourth-order valence-corrected chi connectivity index (χ4v) is 1.83. The smallest absolute Gasteiger partial charge is 0.0558 e. The molecule has 1 fully saturated rings. The minimum atomic E-state index is 0.272. The summed E-state index contributed by atoms with van der Waals surface area (Å²) in [5.74, 6) is 0. The maximum atomic E-state index is 8.72. The summed E-state index contributed by atoms with van der Waals surface area (Å²) >= 11 is 0. The summed E-state index contributed by atoms with van der Waals surface area (Å²) in [5.41, 5.74) is 0. The second-order valence-electron chi connectivity index (χ2n) is 3.96. The number of aliphatic hydroxyl groups excluding tert-OH is 1. The second-order valence-corrected chi connectivity index (χ2v) is 3.96. The molecule has 0 saturated carbocycles. The molecule has 2 N–H and O–H groups in total. The lowest BCUT2D eigenvalue weighted by atomic mass is 10.0. The van der Waals surface area contributed by atoms with E-state index in [2.05, 4.69) is 17.3 Å². The van der Waals surface area contributed by atoms with Crippen LogP contribution in [0.5, 0.6) is 0 Å². The summed E-state index contributed by atoms with van der Waals surface area (Å²) in [7, 11) is 2.07. The number of hydrogen-bond acceptors (Lipinski definition) is 3. The van der Waals surface area contributed by atoms with E-state index in [0.717, 1.165) is 19.1 Å². The average molecular weight is 186 g/mol. The first-order chi connectivity index (χ1) is 6.33. The van der Waals surface area contributed by atoms with Gasteiger partial charge in [-0.25, -0.2) is 0 Å². The number of rotatable bonds is 5.